The number of nitrogen functional groups attached to an aromatic ring is 1. The molecule has 11 nitrogen and oxygen atoms in total. The van der Waals surface area contributed by atoms with Crippen LogP contribution in [0.15, 0.2) is 121 Å². The third kappa shape index (κ3) is 8.08. The standard InChI is InChI=1S/C47H52N4O7Si/c1-31-44(59(4,5)39-22-19-37(56-2)20-23-39)42(28-43(53)50(25-26-52)29-32-9-7-6-8-10-32)58-47(31)40-27-38(57-3)21-24-41(40)51(46(47)55)30-33-11-17-36(18-12-33)49-45(54)34-13-15-35(48)16-14-34/h6-24,27,31,42,44,52H,25-26,28-30,48H2,1-5H3,(H,49,54)/t31-,42+,44-,47+/m1/s1. The number of fused-ring (bicyclic) bond motifs is 2. The van der Waals surface area contributed by atoms with E-state index in [-0.39, 0.29) is 55.3 Å². The molecule has 5 aromatic rings. The Labute approximate surface area is 346 Å². The minimum Gasteiger partial charge on any atom is -0.497 e. The molecule has 3 amide bonds. The van der Waals surface area contributed by atoms with Crippen LogP contribution in [0.2, 0.25) is 18.6 Å². The van der Waals surface area contributed by atoms with Crippen molar-refractivity contribution < 1.29 is 33.7 Å². The first-order chi connectivity index (χ1) is 28.4. The summed E-state index contributed by atoms with van der Waals surface area (Å²) in [4.78, 5) is 46.1. The summed E-state index contributed by atoms with van der Waals surface area (Å²) in [6.07, 6.45) is -0.586. The molecule has 0 aliphatic carbocycles. The summed E-state index contributed by atoms with van der Waals surface area (Å²) >= 11 is 0. The number of rotatable bonds is 14. The third-order valence-electron chi connectivity index (χ3n) is 12.1. The zero-order valence-corrected chi connectivity index (χ0v) is 35.2. The summed E-state index contributed by atoms with van der Waals surface area (Å²) in [6.45, 7) is 7.22. The van der Waals surface area contributed by atoms with E-state index in [1.54, 1.807) is 48.3 Å². The SMILES string of the molecule is COc1ccc([Si](C)(C)[C@H]2[C@H](CC(=O)N(CCO)Cc3ccccc3)O[C@@]3(C(=O)N(Cc4ccc(NC(=O)c5ccc(N)cc5)cc4)c4ccc(OC)cc43)[C@@H]2C)cc1. The molecule has 2 heterocycles. The molecule has 0 aromatic heterocycles. The van der Waals surface area contributed by atoms with E-state index in [1.165, 1.54) is 0 Å². The van der Waals surface area contributed by atoms with Gasteiger partial charge in [0.05, 0.1) is 53.7 Å². The Morgan fingerprint density at radius 3 is 2.19 bits per heavy atom. The Balaban J connectivity index is 1.23. The number of nitrogens with one attached hydrogen (secondary N) is 1. The molecule has 4 atom stereocenters. The van der Waals surface area contributed by atoms with Crippen molar-refractivity contribution in [3.63, 3.8) is 0 Å². The molecule has 306 valence electrons. The number of carbonyl (C=O) groups excluding carboxylic acids is 3. The largest absolute Gasteiger partial charge is 0.497 e. The zero-order valence-electron chi connectivity index (χ0n) is 34.2. The Kier molecular flexibility index (Phi) is 11.9. The van der Waals surface area contributed by atoms with E-state index < -0.39 is 19.8 Å². The Bertz CT molecular complexity index is 2290. The number of aliphatic hydroxyl groups excluding tert-OH is 1. The van der Waals surface area contributed by atoms with Crippen LogP contribution >= 0.6 is 0 Å². The molecule has 59 heavy (non-hydrogen) atoms. The van der Waals surface area contributed by atoms with Crippen LogP contribution in [0.1, 0.15) is 40.4 Å². The van der Waals surface area contributed by atoms with Crippen molar-refractivity contribution >= 4 is 48.0 Å². The molecule has 1 spiro atoms. The predicted octanol–water partition coefficient (Wildman–Crippen LogP) is 6.71. The Morgan fingerprint density at radius 2 is 1.54 bits per heavy atom. The zero-order chi connectivity index (χ0) is 41.9. The lowest BCUT2D eigenvalue weighted by Crippen LogP contribution is -2.52. The van der Waals surface area contributed by atoms with Gasteiger partial charge in [-0.1, -0.05) is 79.8 Å². The van der Waals surface area contributed by atoms with Crippen LogP contribution in [0.25, 0.3) is 0 Å². The fourth-order valence-corrected chi connectivity index (χ4v) is 13.0. The molecule has 12 heteroatoms. The van der Waals surface area contributed by atoms with Crippen molar-refractivity contribution in [2.45, 2.75) is 56.8 Å². The minimum absolute atomic E-state index is 0.0340. The number of benzene rings is 5. The molecule has 7 rings (SSSR count). The second-order valence-corrected chi connectivity index (χ2v) is 20.6. The average Bonchev–Trinajstić information content (AvgIpc) is 3.67. The summed E-state index contributed by atoms with van der Waals surface area (Å²) in [5, 5.41) is 14.1. The first-order valence-electron chi connectivity index (χ1n) is 19.9. The van der Waals surface area contributed by atoms with Gasteiger partial charge in [-0.2, -0.15) is 0 Å². The van der Waals surface area contributed by atoms with E-state index in [2.05, 4.69) is 37.5 Å². The Morgan fingerprint density at radius 1 is 0.881 bits per heavy atom. The number of nitrogens with zero attached hydrogens (tertiary/aromatic N) is 2. The van der Waals surface area contributed by atoms with Crippen LogP contribution < -0.4 is 30.6 Å². The van der Waals surface area contributed by atoms with Crippen molar-refractivity contribution in [3.05, 3.63) is 144 Å². The smallest absolute Gasteiger partial charge is 0.264 e. The van der Waals surface area contributed by atoms with Gasteiger partial charge in [-0.05, 0) is 83.4 Å². The van der Waals surface area contributed by atoms with Gasteiger partial charge in [0.15, 0.2) is 5.60 Å². The fraction of sp³-hybridized carbons (Fsp3) is 0.298. The number of ether oxygens (including phenoxy) is 3. The summed E-state index contributed by atoms with van der Waals surface area (Å²) in [5.74, 6) is 0.377. The van der Waals surface area contributed by atoms with Crippen LogP contribution in [0.3, 0.4) is 0 Å². The predicted molar refractivity (Wildman–Crippen MR) is 233 cm³/mol. The second-order valence-electron chi connectivity index (χ2n) is 15.9. The highest BCUT2D eigenvalue weighted by Crippen LogP contribution is 2.60. The summed E-state index contributed by atoms with van der Waals surface area (Å²) in [5.41, 5.74) is 9.10. The average molecular weight is 813 g/mol. The summed E-state index contributed by atoms with van der Waals surface area (Å²) in [7, 11) is 0.684. The van der Waals surface area contributed by atoms with Gasteiger partial charge in [-0.25, -0.2) is 0 Å². The number of methoxy groups -OCH3 is 2. The highest BCUT2D eigenvalue weighted by Gasteiger charge is 2.66. The van der Waals surface area contributed by atoms with Crippen LogP contribution in [-0.4, -0.2) is 69.3 Å². The van der Waals surface area contributed by atoms with Crippen molar-refractivity contribution in [2.24, 2.45) is 5.92 Å². The normalized spacial score (nSPS) is 19.7. The van der Waals surface area contributed by atoms with E-state index in [0.717, 1.165) is 22.1 Å². The van der Waals surface area contributed by atoms with Crippen LogP contribution in [-0.2, 0) is 33.0 Å². The molecular weight excluding hydrogens is 761 g/mol. The molecule has 2 aliphatic rings. The van der Waals surface area contributed by atoms with E-state index >= 15 is 4.79 Å². The molecule has 2 aliphatic heterocycles. The van der Waals surface area contributed by atoms with E-state index in [1.807, 2.05) is 84.9 Å². The monoisotopic (exact) mass is 812 g/mol. The number of nitrogens with two attached hydrogens (primary N) is 1. The lowest BCUT2D eigenvalue weighted by Gasteiger charge is -2.37. The van der Waals surface area contributed by atoms with Crippen LogP contribution in [0, 0.1) is 5.92 Å². The lowest BCUT2D eigenvalue weighted by atomic mass is 9.82. The van der Waals surface area contributed by atoms with Gasteiger partial charge in [-0.3, -0.25) is 14.4 Å². The molecule has 0 bridgehead atoms. The van der Waals surface area contributed by atoms with Gasteiger partial charge < -0.3 is 40.2 Å². The topological polar surface area (TPSA) is 144 Å². The van der Waals surface area contributed by atoms with Crippen molar-refractivity contribution in [1.82, 2.24) is 4.90 Å². The highest BCUT2D eigenvalue weighted by molar-refractivity contribution is 6.91. The van der Waals surface area contributed by atoms with Gasteiger partial charge in [0.2, 0.25) is 5.91 Å². The maximum Gasteiger partial charge on any atom is 0.264 e. The Hall–Kier alpha value is -5.95. The van der Waals surface area contributed by atoms with Gasteiger partial charge >= 0.3 is 0 Å². The molecule has 5 aromatic carbocycles. The molecular formula is C47H52N4O7Si. The number of hydrogen-bond acceptors (Lipinski definition) is 8. The quantitative estimate of drug-likeness (QED) is 0.0830. The first-order valence-corrected chi connectivity index (χ1v) is 23.0. The number of hydrogen-bond donors (Lipinski definition) is 3. The lowest BCUT2D eigenvalue weighted by molar-refractivity contribution is -0.150. The number of carbonyl (C=O) groups is 3. The molecule has 4 N–H and O–H groups in total. The fourth-order valence-electron chi connectivity index (χ4n) is 9.01. The van der Waals surface area contributed by atoms with Crippen molar-refractivity contribution in [1.29, 1.82) is 0 Å². The molecule has 1 fully saturated rings. The highest BCUT2D eigenvalue weighted by atomic mass is 28.3. The maximum atomic E-state index is 15.4. The number of anilines is 3. The number of amides is 3. The van der Waals surface area contributed by atoms with Crippen molar-refractivity contribution in [3.8, 4) is 11.5 Å². The second kappa shape index (κ2) is 17.1. The number of aliphatic hydroxyl groups is 1. The molecule has 0 saturated carbocycles. The van der Waals surface area contributed by atoms with Gasteiger partial charge in [-0.15, -0.1) is 0 Å². The molecule has 1 saturated heterocycles. The van der Waals surface area contributed by atoms with E-state index in [0.29, 0.717) is 40.5 Å². The third-order valence-corrected chi connectivity index (χ3v) is 16.4. The van der Waals surface area contributed by atoms with Crippen LogP contribution in [0.4, 0.5) is 17.1 Å². The summed E-state index contributed by atoms with van der Waals surface area (Å²) in [6, 6.07) is 37.6. The summed E-state index contributed by atoms with van der Waals surface area (Å²) < 4.78 is 18.5. The van der Waals surface area contributed by atoms with E-state index in [9.17, 15) is 14.7 Å². The van der Waals surface area contributed by atoms with Crippen LogP contribution in [0.5, 0.6) is 11.5 Å². The van der Waals surface area contributed by atoms with Crippen molar-refractivity contribution in [2.75, 3.05) is 43.3 Å². The van der Waals surface area contributed by atoms with Gasteiger partial charge in [0, 0.05) is 41.5 Å². The minimum atomic E-state index is -2.56. The first kappa shape index (κ1) is 41.2. The van der Waals surface area contributed by atoms with E-state index in [4.69, 9.17) is 19.9 Å². The van der Waals surface area contributed by atoms with Gasteiger partial charge in [0.1, 0.15) is 11.5 Å². The maximum absolute atomic E-state index is 15.4. The molecule has 0 radical (unpaired) electrons. The molecule has 0 unspecified atom stereocenters. The van der Waals surface area contributed by atoms with Gasteiger partial charge in [0.25, 0.3) is 11.8 Å².